The molecule has 14 heavy (non-hydrogen) atoms. The summed E-state index contributed by atoms with van der Waals surface area (Å²) < 4.78 is 6.36. The van der Waals surface area contributed by atoms with Crippen LogP contribution in [0.1, 0.15) is 0 Å². The van der Waals surface area contributed by atoms with Gasteiger partial charge in [0.25, 0.3) is 0 Å². The van der Waals surface area contributed by atoms with E-state index in [1.807, 2.05) is 24.3 Å². The van der Waals surface area contributed by atoms with Crippen LogP contribution in [0.5, 0.6) is 5.75 Å². The molecule has 0 aromatic heterocycles. The van der Waals surface area contributed by atoms with Gasteiger partial charge < -0.3 is 10.5 Å². The van der Waals surface area contributed by atoms with Crippen molar-refractivity contribution in [2.24, 2.45) is 5.73 Å². The Bertz CT molecular complexity index is 328. The van der Waals surface area contributed by atoms with E-state index in [4.69, 9.17) is 22.1 Å². The first kappa shape index (κ1) is 11.6. The van der Waals surface area contributed by atoms with Crippen LogP contribution in [0.2, 0.25) is 5.02 Å². The smallest absolute Gasteiger partial charge is 0.139 e. The zero-order valence-electron chi connectivity index (χ0n) is 7.54. The van der Waals surface area contributed by atoms with E-state index in [2.05, 4.69) is 15.9 Å². The van der Waals surface area contributed by atoms with Gasteiger partial charge >= 0.3 is 0 Å². The molecule has 1 rings (SSSR count). The zero-order chi connectivity index (χ0) is 10.4. The number of rotatable bonds is 4. The third-order valence-corrected chi connectivity index (χ3v) is 2.34. The minimum absolute atomic E-state index is 0.480. The molecule has 0 saturated carbocycles. The molecule has 0 amide bonds. The van der Waals surface area contributed by atoms with Crippen molar-refractivity contribution in [3.8, 4) is 5.75 Å². The molecule has 0 atom stereocenters. The number of ether oxygens (including phenoxy) is 1. The summed E-state index contributed by atoms with van der Waals surface area (Å²) in [6.07, 6.45) is 3.70. The number of hydrogen-bond acceptors (Lipinski definition) is 2. The van der Waals surface area contributed by atoms with Crippen molar-refractivity contribution in [3.63, 3.8) is 0 Å². The molecule has 0 unspecified atom stereocenters. The standard InChI is InChI=1S/C10H11BrClNO/c11-8-3-4-9(12)10(7-8)14-6-2-1-5-13/h1-4,7H,5-6,13H2. The highest BCUT2D eigenvalue weighted by molar-refractivity contribution is 9.10. The maximum Gasteiger partial charge on any atom is 0.139 e. The molecule has 0 fully saturated rings. The quantitative estimate of drug-likeness (QED) is 0.858. The number of hydrogen-bond donors (Lipinski definition) is 1. The Morgan fingerprint density at radius 2 is 2.21 bits per heavy atom. The summed E-state index contributed by atoms with van der Waals surface area (Å²) in [4.78, 5) is 0. The molecule has 0 heterocycles. The second kappa shape index (κ2) is 6.06. The highest BCUT2D eigenvalue weighted by atomic mass is 79.9. The highest BCUT2D eigenvalue weighted by Gasteiger charge is 2.00. The molecule has 76 valence electrons. The van der Waals surface area contributed by atoms with Gasteiger partial charge in [-0.05, 0) is 18.2 Å². The molecule has 2 nitrogen and oxygen atoms in total. The SMILES string of the molecule is NCC=CCOc1cc(Br)ccc1Cl. The Morgan fingerprint density at radius 3 is 2.93 bits per heavy atom. The molecule has 1 aromatic rings. The molecule has 0 saturated heterocycles. The van der Waals surface area contributed by atoms with Crippen molar-refractivity contribution in [2.75, 3.05) is 13.2 Å². The van der Waals surface area contributed by atoms with Crippen LogP contribution < -0.4 is 10.5 Å². The average Bonchev–Trinajstić information content (AvgIpc) is 2.18. The van der Waals surface area contributed by atoms with Crippen LogP contribution in [0, 0.1) is 0 Å². The Labute approximate surface area is 96.8 Å². The molecule has 0 aliphatic carbocycles. The van der Waals surface area contributed by atoms with Crippen molar-refractivity contribution < 1.29 is 4.74 Å². The predicted octanol–water partition coefficient (Wildman–Crippen LogP) is 3.00. The summed E-state index contributed by atoms with van der Waals surface area (Å²) in [6.45, 7) is 1.00. The van der Waals surface area contributed by atoms with E-state index >= 15 is 0 Å². The molecule has 0 aliphatic rings. The second-order valence-electron chi connectivity index (χ2n) is 2.59. The van der Waals surface area contributed by atoms with Crippen molar-refractivity contribution >= 4 is 27.5 Å². The lowest BCUT2D eigenvalue weighted by atomic mass is 10.3. The van der Waals surface area contributed by atoms with E-state index in [1.54, 1.807) is 6.07 Å². The topological polar surface area (TPSA) is 35.2 Å². The maximum atomic E-state index is 5.91. The van der Waals surface area contributed by atoms with Gasteiger partial charge in [-0.2, -0.15) is 0 Å². The summed E-state index contributed by atoms with van der Waals surface area (Å²) in [5, 5.41) is 0.606. The maximum absolute atomic E-state index is 5.91. The lowest BCUT2D eigenvalue weighted by Gasteiger charge is -2.05. The van der Waals surface area contributed by atoms with Crippen LogP contribution in [0.25, 0.3) is 0 Å². The lowest BCUT2D eigenvalue weighted by Crippen LogP contribution is -1.97. The minimum Gasteiger partial charge on any atom is -0.488 e. The first-order valence-corrected chi connectivity index (χ1v) is 5.34. The van der Waals surface area contributed by atoms with Crippen LogP contribution in [-0.4, -0.2) is 13.2 Å². The summed E-state index contributed by atoms with van der Waals surface area (Å²) in [7, 11) is 0. The third-order valence-electron chi connectivity index (χ3n) is 1.53. The van der Waals surface area contributed by atoms with Gasteiger partial charge in [0.05, 0.1) is 5.02 Å². The van der Waals surface area contributed by atoms with E-state index < -0.39 is 0 Å². The highest BCUT2D eigenvalue weighted by Crippen LogP contribution is 2.27. The fourth-order valence-electron chi connectivity index (χ4n) is 0.890. The number of benzene rings is 1. The largest absolute Gasteiger partial charge is 0.488 e. The first-order valence-electron chi connectivity index (χ1n) is 4.17. The van der Waals surface area contributed by atoms with Crippen molar-refractivity contribution in [2.45, 2.75) is 0 Å². The molecule has 2 N–H and O–H groups in total. The van der Waals surface area contributed by atoms with Crippen molar-refractivity contribution in [1.29, 1.82) is 0 Å². The molecule has 1 aromatic carbocycles. The normalized spacial score (nSPS) is 10.8. The summed E-state index contributed by atoms with van der Waals surface area (Å²) >= 11 is 9.26. The Morgan fingerprint density at radius 1 is 1.43 bits per heavy atom. The van der Waals surface area contributed by atoms with Gasteiger partial charge in [0.1, 0.15) is 12.4 Å². The van der Waals surface area contributed by atoms with Crippen molar-refractivity contribution in [1.82, 2.24) is 0 Å². The molecular weight excluding hydrogens is 265 g/mol. The molecule has 0 radical (unpaired) electrons. The lowest BCUT2D eigenvalue weighted by molar-refractivity contribution is 0.362. The van der Waals surface area contributed by atoms with E-state index in [9.17, 15) is 0 Å². The summed E-state index contributed by atoms with van der Waals surface area (Å²) in [5.74, 6) is 0.669. The second-order valence-corrected chi connectivity index (χ2v) is 3.92. The van der Waals surface area contributed by atoms with E-state index in [-0.39, 0.29) is 0 Å². The predicted molar refractivity (Wildman–Crippen MR) is 62.8 cm³/mol. The number of halogens is 2. The van der Waals surface area contributed by atoms with Crippen LogP contribution in [0.4, 0.5) is 0 Å². The first-order chi connectivity index (χ1) is 6.74. The number of nitrogens with two attached hydrogens (primary N) is 1. The van der Waals surface area contributed by atoms with E-state index in [0.29, 0.717) is 23.9 Å². The van der Waals surface area contributed by atoms with Crippen molar-refractivity contribution in [3.05, 3.63) is 39.8 Å². The van der Waals surface area contributed by atoms with Gasteiger partial charge in [0.2, 0.25) is 0 Å². The van der Waals surface area contributed by atoms with Gasteiger partial charge in [-0.25, -0.2) is 0 Å². The third kappa shape index (κ3) is 3.70. The average molecular weight is 277 g/mol. The van der Waals surface area contributed by atoms with Gasteiger partial charge in [-0.1, -0.05) is 39.7 Å². The zero-order valence-corrected chi connectivity index (χ0v) is 9.88. The summed E-state index contributed by atoms with van der Waals surface area (Å²) in [6, 6.07) is 5.48. The fraction of sp³-hybridized carbons (Fsp3) is 0.200. The Hall–Kier alpha value is -0.510. The van der Waals surface area contributed by atoms with Gasteiger partial charge in [0, 0.05) is 11.0 Å². The monoisotopic (exact) mass is 275 g/mol. The summed E-state index contributed by atoms with van der Waals surface area (Å²) in [5.41, 5.74) is 5.29. The van der Waals surface area contributed by atoms with Gasteiger partial charge in [-0.3, -0.25) is 0 Å². The van der Waals surface area contributed by atoms with E-state index in [1.165, 1.54) is 0 Å². The molecule has 0 aliphatic heterocycles. The molecular formula is C10H11BrClNO. The van der Waals surface area contributed by atoms with E-state index in [0.717, 1.165) is 4.47 Å². The van der Waals surface area contributed by atoms with Crippen LogP contribution >= 0.6 is 27.5 Å². The minimum atomic E-state index is 0.480. The van der Waals surface area contributed by atoms with Crippen LogP contribution in [0.15, 0.2) is 34.8 Å². The van der Waals surface area contributed by atoms with Gasteiger partial charge in [-0.15, -0.1) is 0 Å². The van der Waals surface area contributed by atoms with Crippen LogP contribution in [0.3, 0.4) is 0 Å². The Kier molecular flexibility index (Phi) is 5.01. The molecule has 0 spiro atoms. The molecule has 0 bridgehead atoms. The van der Waals surface area contributed by atoms with Crippen LogP contribution in [-0.2, 0) is 0 Å². The fourth-order valence-corrected chi connectivity index (χ4v) is 1.40. The Balaban J connectivity index is 2.57. The van der Waals surface area contributed by atoms with Gasteiger partial charge in [0.15, 0.2) is 0 Å². The molecule has 4 heteroatoms.